The van der Waals surface area contributed by atoms with Crippen molar-refractivity contribution in [2.24, 2.45) is 0 Å². The van der Waals surface area contributed by atoms with E-state index >= 15 is 0 Å². The molecule has 0 atom stereocenters. The molecule has 0 heterocycles. The van der Waals surface area contributed by atoms with Crippen LogP contribution < -0.4 is 5.32 Å². The fourth-order valence-electron chi connectivity index (χ4n) is 1.48. The Balaban J connectivity index is 2.69. The summed E-state index contributed by atoms with van der Waals surface area (Å²) in [6.07, 6.45) is 1.16. The van der Waals surface area contributed by atoms with Crippen molar-refractivity contribution < 1.29 is 19.4 Å². The van der Waals surface area contributed by atoms with E-state index in [0.717, 1.165) is 11.8 Å². The van der Waals surface area contributed by atoms with Gasteiger partial charge in [-0.1, -0.05) is 6.07 Å². The Morgan fingerprint density at radius 2 is 2.11 bits per heavy atom. The standard InChI is InChI=1S/C14H19NO4/c1-14(2,3)19-13(18)15-11-7-6-10(5-4-8-16)9-12(11)17/h6-9,17H,4-5H2,1-3H3,(H,15,18). The molecule has 1 aromatic rings. The Bertz CT molecular complexity index is 463. The van der Waals surface area contributed by atoms with Crippen LogP contribution in [0, 0.1) is 0 Å². The van der Waals surface area contributed by atoms with Crippen molar-refractivity contribution in [3.8, 4) is 5.75 Å². The van der Waals surface area contributed by atoms with Crippen LogP contribution >= 0.6 is 0 Å². The van der Waals surface area contributed by atoms with E-state index in [0.29, 0.717) is 12.8 Å². The number of nitrogens with one attached hydrogen (secondary N) is 1. The van der Waals surface area contributed by atoms with Gasteiger partial charge in [-0.05, 0) is 44.9 Å². The third-order valence-corrected chi connectivity index (χ3v) is 2.25. The average molecular weight is 265 g/mol. The number of carbonyl (C=O) groups is 2. The zero-order valence-corrected chi connectivity index (χ0v) is 11.4. The maximum Gasteiger partial charge on any atom is 0.412 e. The molecule has 0 aliphatic rings. The topological polar surface area (TPSA) is 75.6 Å². The van der Waals surface area contributed by atoms with E-state index in [-0.39, 0.29) is 11.4 Å². The van der Waals surface area contributed by atoms with Gasteiger partial charge in [-0.15, -0.1) is 0 Å². The van der Waals surface area contributed by atoms with Crippen molar-refractivity contribution in [1.29, 1.82) is 0 Å². The minimum absolute atomic E-state index is 0.0470. The molecule has 0 aliphatic heterocycles. The number of ether oxygens (including phenoxy) is 1. The molecular formula is C14H19NO4. The van der Waals surface area contributed by atoms with E-state index in [1.165, 1.54) is 6.07 Å². The van der Waals surface area contributed by atoms with Gasteiger partial charge in [0, 0.05) is 6.42 Å². The molecule has 5 heteroatoms. The molecule has 0 bridgehead atoms. The highest BCUT2D eigenvalue weighted by Gasteiger charge is 2.17. The minimum atomic E-state index is -0.622. The number of hydrogen-bond acceptors (Lipinski definition) is 4. The lowest BCUT2D eigenvalue weighted by Gasteiger charge is -2.20. The first-order chi connectivity index (χ1) is 8.81. The lowest BCUT2D eigenvalue weighted by molar-refractivity contribution is -0.107. The average Bonchev–Trinajstić information content (AvgIpc) is 2.27. The van der Waals surface area contributed by atoms with Gasteiger partial charge < -0.3 is 14.6 Å². The van der Waals surface area contributed by atoms with E-state index in [2.05, 4.69) is 5.32 Å². The van der Waals surface area contributed by atoms with Gasteiger partial charge in [-0.2, -0.15) is 0 Å². The van der Waals surface area contributed by atoms with Crippen LogP contribution in [-0.2, 0) is 16.0 Å². The van der Waals surface area contributed by atoms with E-state index in [9.17, 15) is 14.7 Å². The van der Waals surface area contributed by atoms with Crippen molar-refractivity contribution in [3.05, 3.63) is 23.8 Å². The van der Waals surface area contributed by atoms with Crippen LogP contribution in [0.4, 0.5) is 10.5 Å². The number of hydrogen-bond donors (Lipinski definition) is 2. The summed E-state index contributed by atoms with van der Waals surface area (Å²) in [5.74, 6) is -0.0470. The smallest absolute Gasteiger partial charge is 0.412 e. The summed E-state index contributed by atoms with van der Waals surface area (Å²) in [7, 11) is 0. The van der Waals surface area contributed by atoms with Gasteiger partial charge in [0.1, 0.15) is 17.6 Å². The predicted molar refractivity (Wildman–Crippen MR) is 72.3 cm³/mol. The molecule has 0 fully saturated rings. The molecule has 0 saturated carbocycles. The zero-order chi connectivity index (χ0) is 14.5. The molecule has 104 valence electrons. The summed E-state index contributed by atoms with van der Waals surface area (Å²) in [5.41, 5.74) is 0.521. The number of anilines is 1. The number of aryl methyl sites for hydroxylation is 1. The Hall–Kier alpha value is -2.04. The number of aldehydes is 1. The highest BCUT2D eigenvalue weighted by atomic mass is 16.6. The van der Waals surface area contributed by atoms with Crippen molar-refractivity contribution in [1.82, 2.24) is 0 Å². The Labute approximate surface area is 112 Å². The summed E-state index contributed by atoms with van der Waals surface area (Å²) in [4.78, 5) is 21.8. The van der Waals surface area contributed by atoms with E-state index < -0.39 is 11.7 Å². The summed E-state index contributed by atoms with van der Waals surface area (Å²) < 4.78 is 5.08. The first-order valence-corrected chi connectivity index (χ1v) is 6.07. The van der Waals surface area contributed by atoms with Gasteiger partial charge in [0.05, 0.1) is 5.69 Å². The van der Waals surface area contributed by atoms with Crippen LogP contribution in [0.3, 0.4) is 0 Å². The summed E-state index contributed by atoms with van der Waals surface area (Å²) in [5, 5.41) is 12.2. The second-order valence-electron chi connectivity index (χ2n) is 5.18. The quantitative estimate of drug-likeness (QED) is 0.648. The second kappa shape index (κ2) is 6.22. The fraction of sp³-hybridized carbons (Fsp3) is 0.429. The number of aromatic hydroxyl groups is 1. The number of phenolic OH excluding ortho intramolecular Hbond substituents is 1. The van der Waals surface area contributed by atoms with Crippen LogP contribution in [0.15, 0.2) is 18.2 Å². The predicted octanol–water partition coefficient (Wildman–Crippen LogP) is 2.87. The first-order valence-electron chi connectivity index (χ1n) is 6.07. The summed E-state index contributed by atoms with van der Waals surface area (Å²) in [6, 6.07) is 4.85. The van der Waals surface area contributed by atoms with Crippen molar-refractivity contribution in [2.75, 3.05) is 5.32 Å². The number of phenols is 1. The van der Waals surface area contributed by atoms with Crippen molar-refractivity contribution >= 4 is 18.1 Å². The molecule has 1 aromatic carbocycles. The number of carbonyl (C=O) groups excluding carboxylic acids is 2. The van der Waals surface area contributed by atoms with E-state index in [4.69, 9.17) is 4.74 Å². The van der Waals surface area contributed by atoms with Crippen molar-refractivity contribution in [3.63, 3.8) is 0 Å². The number of benzene rings is 1. The first kappa shape index (κ1) is 15.0. The van der Waals surface area contributed by atoms with Gasteiger partial charge in [-0.25, -0.2) is 4.79 Å². The Kier molecular flexibility index (Phi) is 4.92. The minimum Gasteiger partial charge on any atom is -0.506 e. The van der Waals surface area contributed by atoms with Crippen LogP contribution in [0.2, 0.25) is 0 Å². The molecule has 0 unspecified atom stereocenters. The SMILES string of the molecule is CC(C)(C)OC(=O)Nc1ccc(CCC=O)cc1O. The monoisotopic (exact) mass is 265 g/mol. The fourth-order valence-corrected chi connectivity index (χ4v) is 1.48. The molecule has 0 aromatic heterocycles. The number of amides is 1. The van der Waals surface area contributed by atoms with Gasteiger partial charge in [-0.3, -0.25) is 5.32 Å². The van der Waals surface area contributed by atoms with Gasteiger partial charge >= 0.3 is 6.09 Å². The third kappa shape index (κ3) is 5.42. The second-order valence-corrected chi connectivity index (χ2v) is 5.18. The Morgan fingerprint density at radius 3 is 2.63 bits per heavy atom. The largest absolute Gasteiger partial charge is 0.506 e. The summed E-state index contributed by atoms with van der Waals surface area (Å²) >= 11 is 0. The Morgan fingerprint density at radius 1 is 1.42 bits per heavy atom. The normalized spacial score (nSPS) is 10.9. The van der Waals surface area contributed by atoms with Gasteiger partial charge in [0.2, 0.25) is 0 Å². The molecule has 2 N–H and O–H groups in total. The lowest BCUT2D eigenvalue weighted by atomic mass is 10.1. The molecule has 0 spiro atoms. The van der Waals surface area contributed by atoms with Crippen LogP contribution in [0.5, 0.6) is 5.75 Å². The molecule has 0 aliphatic carbocycles. The van der Waals surface area contributed by atoms with E-state index in [1.807, 2.05) is 0 Å². The van der Waals surface area contributed by atoms with Gasteiger partial charge in [0.15, 0.2) is 0 Å². The van der Waals surface area contributed by atoms with Crippen LogP contribution in [0.25, 0.3) is 0 Å². The molecule has 0 radical (unpaired) electrons. The van der Waals surface area contributed by atoms with Gasteiger partial charge in [0.25, 0.3) is 0 Å². The third-order valence-electron chi connectivity index (χ3n) is 2.25. The van der Waals surface area contributed by atoms with Crippen LogP contribution in [-0.4, -0.2) is 23.1 Å². The highest BCUT2D eigenvalue weighted by molar-refractivity contribution is 5.86. The molecule has 1 rings (SSSR count). The zero-order valence-electron chi connectivity index (χ0n) is 11.4. The van der Waals surface area contributed by atoms with Crippen LogP contribution in [0.1, 0.15) is 32.8 Å². The molecule has 5 nitrogen and oxygen atoms in total. The molecule has 1 amide bonds. The number of rotatable bonds is 4. The maximum atomic E-state index is 11.5. The lowest BCUT2D eigenvalue weighted by Crippen LogP contribution is -2.27. The van der Waals surface area contributed by atoms with Crippen molar-refractivity contribution in [2.45, 2.75) is 39.2 Å². The summed E-state index contributed by atoms with van der Waals surface area (Å²) in [6.45, 7) is 5.28. The molecule has 19 heavy (non-hydrogen) atoms. The maximum absolute atomic E-state index is 11.5. The highest BCUT2D eigenvalue weighted by Crippen LogP contribution is 2.25. The molecule has 0 saturated heterocycles. The molecular weight excluding hydrogens is 246 g/mol. The van der Waals surface area contributed by atoms with E-state index in [1.54, 1.807) is 32.9 Å².